The molecule has 2 unspecified atom stereocenters. The molecule has 1 heterocycles. The highest BCUT2D eigenvalue weighted by atomic mass is 35.5. The molecular weight excluding hydrogens is 164 g/mol. The zero-order valence-corrected chi connectivity index (χ0v) is 7.64. The quantitative estimate of drug-likeness (QED) is 0.615. The second kappa shape index (κ2) is 4.96. The van der Waals surface area contributed by atoms with E-state index in [1.54, 1.807) is 0 Å². The lowest BCUT2D eigenvalue weighted by Gasteiger charge is -2.08. The zero-order valence-electron chi connectivity index (χ0n) is 6.88. The van der Waals surface area contributed by atoms with E-state index in [0.717, 1.165) is 6.42 Å². The van der Waals surface area contributed by atoms with Crippen molar-refractivity contribution >= 4 is 11.6 Å². The van der Waals surface area contributed by atoms with Crippen LogP contribution in [-0.4, -0.2) is 24.9 Å². The Bertz CT molecular complexity index is 108. The number of hydrogen-bond donors (Lipinski definition) is 0. The predicted octanol–water partition coefficient (Wildman–Crippen LogP) is 2.16. The van der Waals surface area contributed by atoms with Gasteiger partial charge in [-0.05, 0) is 12.8 Å². The second-order valence-corrected chi connectivity index (χ2v) is 3.13. The van der Waals surface area contributed by atoms with Crippen molar-refractivity contribution in [2.75, 3.05) is 12.5 Å². The SMILES string of the molecule is CCCCC1OCC(CCl)O1. The van der Waals surface area contributed by atoms with Crippen LogP contribution in [0, 0.1) is 0 Å². The molecule has 0 aromatic carbocycles. The summed E-state index contributed by atoms with van der Waals surface area (Å²) in [5.74, 6) is 0.544. The summed E-state index contributed by atoms with van der Waals surface area (Å²) in [5, 5.41) is 0. The first-order valence-electron chi connectivity index (χ1n) is 4.19. The van der Waals surface area contributed by atoms with Crippen molar-refractivity contribution < 1.29 is 9.47 Å². The van der Waals surface area contributed by atoms with Gasteiger partial charge in [-0.2, -0.15) is 0 Å². The van der Waals surface area contributed by atoms with Crippen LogP contribution in [0.3, 0.4) is 0 Å². The Labute approximate surface area is 72.8 Å². The van der Waals surface area contributed by atoms with Crippen molar-refractivity contribution in [1.82, 2.24) is 0 Å². The van der Waals surface area contributed by atoms with E-state index in [1.165, 1.54) is 12.8 Å². The van der Waals surface area contributed by atoms with Crippen LogP contribution < -0.4 is 0 Å². The molecule has 0 N–H and O–H groups in total. The zero-order chi connectivity index (χ0) is 8.10. The van der Waals surface area contributed by atoms with Gasteiger partial charge in [-0.15, -0.1) is 11.6 Å². The van der Waals surface area contributed by atoms with E-state index in [0.29, 0.717) is 12.5 Å². The standard InChI is InChI=1S/C8H15ClO2/c1-2-3-4-8-10-6-7(5-9)11-8/h7-8H,2-6H2,1H3. The van der Waals surface area contributed by atoms with Gasteiger partial charge in [0.15, 0.2) is 6.29 Å². The number of rotatable bonds is 4. The maximum absolute atomic E-state index is 5.60. The normalized spacial score (nSPS) is 31.1. The lowest BCUT2D eigenvalue weighted by Crippen LogP contribution is -2.13. The Kier molecular flexibility index (Phi) is 4.20. The van der Waals surface area contributed by atoms with Crippen molar-refractivity contribution in [2.45, 2.75) is 38.6 Å². The summed E-state index contributed by atoms with van der Waals surface area (Å²) >= 11 is 5.60. The van der Waals surface area contributed by atoms with Gasteiger partial charge in [0.05, 0.1) is 18.6 Å². The highest BCUT2D eigenvalue weighted by Crippen LogP contribution is 2.17. The molecule has 0 aromatic heterocycles. The van der Waals surface area contributed by atoms with Gasteiger partial charge in [0.2, 0.25) is 0 Å². The summed E-state index contributed by atoms with van der Waals surface area (Å²) in [6, 6.07) is 0. The highest BCUT2D eigenvalue weighted by Gasteiger charge is 2.24. The number of hydrogen-bond acceptors (Lipinski definition) is 2. The molecule has 0 spiro atoms. The van der Waals surface area contributed by atoms with Crippen LogP contribution in [0.1, 0.15) is 26.2 Å². The molecule has 11 heavy (non-hydrogen) atoms. The number of halogens is 1. The summed E-state index contributed by atoms with van der Waals surface area (Å²) in [6.45, 7) is 2.83. The van der Waals surface area contributed by atoms with Crippen LogP contribution in [0.5, 0.6) is 0 Å². The number of ether oxygens (including phenoxy) is 2. The maximum atomic E-state index is 5.60. The average molecular weight is 179 g/mol. The molecule has 0 radical (unpaired) electrons. The lowest BCUT2D eigenvalue weighted by atomic mass is 10.2. The van der Waals surface area contributed by atoms with Crippen LogP contribution >= 0.6 is 11.6 Å². The highest BCUT2D eigenvalue weighted by molar-refractivity contribution is 6.18. The van der Waals surface area contributed by atoms with E-state index in [2.05, 4.69) is 6.92 Å². The third-order valence-electron chi connectivity index (χ3n) is 1.78. The predicted molar refractivity (Wildman–Crippen MR) is 44.9 cm³/mol. The molecule has 0 aromatic rings. The minimum Gasteiger partial charge on any atom is -0.350 e. The molecule has 1 fully saturated rings. The van der Waals surface area contributed by atoms with E-state index in [9.17, 15) is 0 Å². The molecule has 0 amide bonds. The first-order valence-corrected chi connectivity index (χ1v) is 4.73. The van der Waals surface area contributed by atoms with Crippen molar-refractivity contribution in [2.24, 2.45) is 0 Å². The lowest BCUT2D eigenvalue weighted by molar-refractivity contribution is -0.0597. The van der Waals surface area contributed by atoms with Gasteiger partial charge in [-0.1, -0.05) is 13.3 Å². The summed E-state index contributed by atoms with van der Waals surface area (Å²) in [7, 11) is 0. The van der Waals surface area contributed by atoms with Crippen molar-refractivity contribution in [3.05, 3.63) is 0 Å². The Morgan fingerprint density at radius 3 is 2.91 bits per heavy atom. The summed E-state index contributed by atoms with van der Waals surface area (Å²) < 4.78 is 10.8. The van der Waals surface area contributed by atoms with E-state index in [-0.39, 0.29) is 12.4 Å². The van der Waals surface area contributed by atoms with E-state index >= 15 is 0 Å². The van der Waals surface area contributed by atoms with E-state index < -0.39 is 0 Å². The van der Waals surface area contributed by atoms with Gasteiger partial charge in [0.1, 0.15) is 0 Å². The molecule has 0 saturated carbocycles. The van der Waals surface area contributed by atoms with Gasteiger partial charge in [-0.25, -0.2) is 0 Å². The summed E-state index contributed by atoms with van der Waals surface area (Å²) in [5.41, 5.74) is 0. The van der Waals surface area contributed by atoms with Crippen molar-refractivity contribution in [1.29, 1.82) is 0 Å². The fourth-order valence-corrected chi connectivity index (χ4v) is 1.27. The number of alkyl halides is 1. The van der Waals surface area contributed by atoms with Crippen LogP contribution in [0.15, 0.2) is 0 Å². The van der Waals surface area contributed by atoms with Gasteiger partial charge in [-0.3, -0.25) is 0 Å². The molecule has 2 atom stereocenters. The Morgan fingerprint density at radius 1 is 1.55 bits per heavy atom. The fourth-order valence-electron chi connectivity index (χ4n) is 1.11. The second-order valence-electron chi connectivity index (χ2n) is 2.82. The van der Waals surface area contributed by atoms with Gasteiger partial charge in [0.25, 0.3) is 0 Å². The number of unbranched alkanes of at least 4 members (excludes halogenated alkanes) is 1. The topological polar surface area (TPSA) is 18.5 Å². The minimum absolute atomic E-state index is 0.0127. The molecule has 0 aliphatic carbocycles. The van der Waals surface area contributed by atoms with Gasteiger partial charge in [0, 0.05) is 0 Å². The Morgan fingerprint density at radius 2 is 2.36 bits per heavy atom. The largest absolute Gasteiger partial charge is 0.350 e. The summed E-state index contributed by atoms with van der Waals surface area (Å²) in [6.07, 6.45) is 3.50. The average Bonchev–Trinajstić information content (AvgIpc) is 2.48. The van der Waals surface area contributed by atoms with Crippen LogP contribution in [-0.2, 0) is 9.47 Å². The third-order valence-corrected chi connectivity index (χ3v) is 2.12. The molecule has 2 nitrogen and oxygen atoms in total. The molecule has 0 bridgehead atoms. The molecule has 1 aliphatic rings. The Hall–Kier alpha value is 0.210. The molecule has 1 aliphatic heterocycles. The summed E-state index contributed by atoms with van der Waals surface area (Å²) in [4.78, 5) is 0. The molecule has 3 heteroatoms. The van der Waals surface area contributed by atoms with Crippen molar-refractivity contribution in [3.8, 4) is 0 Å². The first-order chi connectivity index (χ1) is 5.36. The van der Waals surface area contributed by atoms with Crippen LogP contribution in [0.2, 0.25) is 0 Å². The Balaban J connectivity index is 2.09. The third kappa shape index (κ3) is 2.97. The van der Waals surface area contributed by atoms with Gasteiger partial charge < -0.3 is 9.47 Å². The molecular formula is C8H15ClO2. The monoisotopic (exact) mass is 178 g/mol. The molecule has 1 saturated heterocycles. The van der Waals surface area contributed by atoms with E-state index in [4.69, 9.17) is 21.1 Å². The minimum atomic E-state index is 0.0127. The van der Waals surface area contributed by atoms with Crippen LogP contribution in [0.25, 0.3) is 0 Å². The molecule has 1 rings (SSSR count). The maximum Gasteiger partial charge on any atom is 0.158 e. The van der Waals surface area contributed by atoms with E-state index in [1.807, 2.05) is 0 Å². The van der Waals surface area contributed by atoms with Gasteiger partial charge >= 0.3 is 0 Å². The van der Waals surface area contributed by atoms with Crippen LogP contribution in [0.4, 0.5) is 0 Å². The smallest absolute Gasteiger partial charge is 0.158 e. The van der Waals surface area contributed by atoms with Crippen molar-refractivity contribution in [3.63, 3.8) is 0 Å². The fraction of sp³-hybridized carbons (Fsp3) is 1.00. The first kappa shape index (κ1) is 9.30. The molecule has 66 valence electrons.